The number of carbonyl (C=O) groups excluding carboxylic acids is 2. The first-order chi connectivity index (χ1) is 9.70. The molecule has 1 amide bonds. The predicted octanol–water partition coefficient (Wildman–Crippen LogP) is 1.56. The average Bonchev–Trinajstić information content (AvgIpc) is 2.86. The smallest absolute Gasteiger partial charge is 0.310 e. The van der Waals surface area contributed by atoms with Crippen LogP contribution >= 0.6 is 0 Å². The molecule has 1 aromatic carbocycles. The van der Waals surface area contributed by atoms with E-state index >= 15 is 0 Å². The number of rotatable bonds is 6. The quantitative estimate of drug-likeness (QED) is 0.619. The number of H-pyrrole nitrogens is 1. The van der Waals surface area contributed by atoms with Gasteiger partial charge in [0.05, 0.1) is 6.42 Å². The number of hydrogen-bond acceptors (Lipinski definition) is 3. The molecule has 0 aliphatic heterocycles. The molecule has 2 N–H and O–H groups in total. The number of benzene rings is 1. The zero-order valence-corrected chi connectivity index (χ0v) is 11.0. The Hall–Kier alpha value is -2.56. The number of fused-ring (bicyclic) bond motifs is 1. The molecule has 5 heteroatoms. The first kappa shape index (κ1) is 13.9. The van der Waals surface area contributed by atoms with Crippen molar-refractivity contribution in [3.63, 3.8) is 0 Å². The lowest BCUT2D eigenvalue weighted by Crippen LogP contribution is -2.29. The Bertz CT molecular complexity index is 631. The second kappa shape index (κ2) is 6.56. The second-order valence-electron chi connectivity index (χ2n) is 4.29. The van der Waals surface area contributed by atoms with Crippen LogP contribution in [0.15, 0.2) is 43.1 Å². The van der Waals surface area contributed by atoms with E-state index in [4.69, 9.17) is 4.74 Å². The van der Waals surface area contributed by atoms with Gasteiger partial charge in [0, 0.05) is 23.6 Å². The Morgan fingerprint density at radius 2 is 2.15 bits per heavy atom. The van der Waals surface area contributed by atoms with Gasteiger partial charge in [0.25, 0.3) is 5.91 Å². The lowest BCUT2D eigenvalue weighted by Gasteiger charge is -2.04. The molecule has 1 aromatic heterocycles. The van der Waals surface area contributed by atoms with Crippen molar-refractivity contribution in [2.45, 2.75) is 6.42 Å². The molecule has 0 saturated carbocycles. The Balaban J connectivity index is 1.88. The van der Waals surface area contributed by atoms with E-state index in [1.54, 1.807) is 12.3 Å². The van der Waals surface area contributed by atoms with Gasteiger partial charge in [0.2, 0.25) is 0 Å². The maximum absolute atomic E-state index is 11.7. The van der Waals surface area contributed by atoms with Crippen molar-refractivity contribution in [3.05, 3.63) is 48.7 Å². The largest absolute Gasteiger partial charge is 0.455 e. The first-order valence-electron chi connectivity index (χ1n) is 6.29. The molecule has 2 rings (SSSR count). The Labute approximate surface area is 116 Å². The van der Waals surface area contributed by atoms with Crippen LogP contribution in [0, 0.1) is 0 Å². The van der Waals surface area contributed by atoms with Crippen LogP contribution in [0.5, 0.6) is 0 Å². The van der Waals surface area contributed by atoms with Gasteiger partial charge in [-0.15, -0.1) is 6.58 Å². The summed E-state index contributed by atoms with van der Waals surface area (Å²) in [5.41, 5.74) is 1.83. The molecular formula is C15H16N2O3. The SMILES string of the molecule is C=CCNC(=O)COC(=O)Cc1c[nH]c2ccccc12. The first-order valence-corrected chi connectivity index (χ1v) is 6.29. The van der Waals surface area contributed by atoms with Gasteiger partial charge in [-0.05, 0) is 11.6 Å². The molecule has 2 aromatic rings. The molecule has 104 valence electrons. The molecule has 0 radical (unpaired) electrons. The average molecular weight is 272 g/mol. The van der Waals surface area contributed by atoms with Crippen LogP contribution in [-0.2, 0) is 20.7 Å². The highest BCUT2D eigenvalue weighted by Gasteiger charge is 2.11. The minimum atomic E-state index is -0.427. The van der Waals surface area contributed by atoms with Crippen molar-refractivity contribution in [3.8, 4) is 0 Å². The molecule has 20 heavy (non-hydrogen) atoms. The van der Waals surface area contributed by atoms with Gasteiger partial charge in [-0.3, -0.25) is 9.59 Å². The highest BCUT2D eigenvalue weighted by Crippen LogP contribution is 2.18. The van der Waals surface area contributed by atoms with E-state index in [-0.39, 0.29) is 18.9 Å². The predicted molar refractivity (Wildman–Crippen MR) is 76.2 cm³/mol. The van der Waals surface area contributed by atoms with Crippen molar-refractivity contribution in [1.82, 2.24) is 10.3 Å². The summed E-state index contributed by atoms with van der Waals surface area (Å²) in [5.74, 6) is -0.763. The highest BCUT2D eigenvalue weighted by atomic mass is 16.5. The fraction of sp³-hybridized carbons (Fsp3) is 0.200. The molecule has 0 saturated heterocycles. The third kappa shape index (κ3) is 3.47. The monoisotopic (exact) mass is 272 g/mol. The normalized spacial score (nSPS) is 10.2. The van der Waals surface area contributed by atoms with Crippen molar-refractivity contribution in [2.24, 2.45) is 0 Å². The third-order valence-electron chi connectivity index (χ3n) is 2.82. The van der Waals surface area contributed by atoms with Crippen molar-refractivity contribution in [1.29, 1.82) is 0 Å². The molecular weight excluding hydrogens is 256 g/mol. The number of aromatic amines is 1. The van der Waals surface area contributed by atoms with Gasteiger partial charge in [-0.2, -0.15) is 0 Å². The van der Waals surface area contributed by atoms with E-state index in [1.165, 1.54) is 0 Å². The molecule has 5 nitrogen and oxygen atoms in total. The number of aromatic nitrogens is 1. The van der Waals surface area contributed by atoms with E-state index < -0.39 is 5.97 Å². The molecule has 0 fully saturated rings. The van der Waals surface area contributed by atoms with E-state index in [2.05, 4.69) is 16.9 Å². The lowest BCUT2D eigenvalue weighted by atomic mass is 10.1. The van der Waals surface area contributed by atoms with Crippen LogP contribution in [0.3, 0.4) is 0 Å². The van der Waals surface area contributed by atoms with Crippen LogP contribution in [0.4, 0.5) is 0 Å². The topological polar surface area (TPSA) is 71.2 Å². The highest BCUT2D eigenvalue weighted by molar-refractivity contribution is 5.88. The van der Waals surface area contributed by atoms with E-state index in [0.29, 0.717) is 6.54 Å². The Morgan fingerprint density at radius 3 is 2.95 bits per heavy atom. The molecule has 0 aliphatic rings. The van der Waals surface area contributed by atoms with Crippen LogP contribution in [0.25, 0.3) is 10.9 Å². The number of esters is 1. The van der Waals surface area contributed by atoms with Gasteiger partial charge in [0.15, 0.2) is 6.61 Å². The zero-order valence-electron chi connectivity index (χ0n) is 11.0. The van der Waals surface area contributed by atoms with E-state index in [0.717, 1.165) is 16.5 Å². The van der Waals surface area contributed by atoms with Crippen LogP contribution in [-0.4, -0.2) is 30.0 Å². The maximum atomic E-state index is 11.7. The van der Waals surface area contributed by atoms with Gasteiger partial charge >= 0.3 is 5.97 Å². The van der Waals surface area contributed by atoms with Crippen LogP contribution < -0.4 is 5.32 Å². The number of hydrogen-bond donors (Lipinski definition) is 2. The number of para-hydroxylation sites is 1. The minimum absolute atomic E-state index is 0.138. The van der Waals surface area contributed by atoms with Gasteiger partial charge in [0.1, 0.15) is 0 Å². The summed E-state index contributed by atoms with van der Waals surface area (Å²) in [5, 5.41) is 3.52. The number of ether oxygens (including phenoxy) is 1. The van der Waals surface area contributed by atoms with Crippen LogP contribution in [0.2, 0.25) is 0 Å². The summed E-state index contributed by atoms with van der Waals surface area (Å²) in [4.78, 5) is 26.1. The summed E-state index contributed by atoms with van der Waals surface area (Å²) < 4.78 is 4.92. The standard InChI is InChI=1S/C15H16N2O3/c1-2-7-16-14(18)10-20-15(19)8-11-9-17-13-6-4-3-5-12(11)13/h2-6,9,17H,1,7-8,10H2,(H,16,18). The fourth-order valence-electron chi connectivity index (χ4n) is 1.87. The van der Waals surface area contributed by atoms with Crippen molar-refractivity contribution < 1.29 is 14.3 Å². The zero-order chi connectivity index (χ0) is 14.4. The summed E-state index contributed by atoms with van der Waals surface area (Å²) in [7, 11) is 0. The summed E-state index contributed by atoms with van der Waals surface area (Å²) in [6, 6.07) is 7.71. The summed E-state index contributed by atoms with van der Waals surface area (Å²) in [6.07, 6.45) is 3.48. The molecule has 0 bridgehead atoms. The summed E-state index contributed by atoms with van der Waals surface area (Å²) >= 11 is 0. The number of carbonyl (C=O) groups is 2. The van der Waals surface area contributed by atoms with Gasteiger partial charge in [-0.25, -0.2) is 0 Å². The molecule has 0 spiro atoms. The number of nitrogens with one attached hydrogen (secondary N) is 2. The third-order valence-corrected chi connectivity index (χ3v) is 2.82. The van der Waals surface area contributed by atoms with E-state index in [1.807, 2.05) is 24.3 Å². The van der Waals surface area contributed by atoms with Gasteiger partial charge < -0.3 is 15.0 Å². The second-order valence-corrected chi connectivity index (χ2v) is 4.29. The maximum Gasteiger partial charge on any atom is 0.310 e. The molecule has 1 heterocycles. The van der Waals surface area contributed by atoms with Gasteiger partial charge in [-0.1, -0.05) is 24.3 Å². The summed E-state index contributed by atoms with van der Waals surface area (Å²) in [6.45, 7) is 3.57. The Kier molecular flexibility index (Phi) is 4.55. The van der Waals surface area contributed by atoms with Crippen LogP contribution in [0.1, 0.15) is 5.56 Å². The molecule has 0 aliphatic carbocycles. The Morgan fingerprint density at radius 1 is 1.35 bits per heavy atom. The molecule has 0 atom stereocenters. The van der Waals surface area contributed by atoms with E-state index in [9.17, 15) is 9.59 Å². The lowest BCUT2D eigenvalue weighted by molar-refractivity contribution is -0.147. The number of amides is 1. The van der Waals surface area contributed by atoms with Crippen molar-refractivity contribution >= 4 is 22.8 Å². The molecule has 0 unspecified atom stereocenters. The van der Waals surface area contributed by atoms with Crippen molar-refractivity contribution in [2.75, 3.05) is 13.2 Å². The minimum Gasteiger partial charge on any atom is -0.455 e. The fourth-order valence-corrected chi connectivity index (χ4v) is 1.87.